The van der Waals surface area contributed by atoms with E-state index in [1.807, 2.05) is 32.0 Å². The van der Waals surface area contributed by atoms with E-state index < -0.39 is 5.97 Å². The van der Waals surface area contributed by atoms with E-state index in [1.165, 1.54) is 5.56 Å². The lowest BCUT2D eigenvalue weighted by Crippen LogP contribution is -2.03. The SMILES string of the molecule is COc1ccc(C(C)CC(=O)O)cc1-c1ccc(C)cc1. The fourth-order valence-corrected chi connectivity index (χ4v) is 2.37. The Hall–Kier alpha value is -2.29. The van der Waals surface area contributed by atoms with Gasteiger partial charge in [-0.25, -0.2) is 0 Å². The molecule has 0 spiro atoms. The Bertz CT molecular complexity index is 629. The van der Waals surface area contributed by atoms with Crippen LogP contribution in [0.1, 0.15) is 30.4 Å². The van der Waals surface area contributed by atoms with E-state index in [-0.39, 0.29) is 12.3 Å². The minimum absolute atomic E-state index is 0.0300. The van der Waals surface area contributed by atoms with Crippen LogP contribution < -0.4 is 4.74 Å². The molecule has 2 aromatic rings. The molecule has 2 aromatic carbocycles. The summed E-state index contributed by atoms with van der Waals surface area (Å²) in [4.78, 5) is 10.9. The molecule has 0 aliphatic heterocycles. The van der Waals surface area contributed by atoms with E-state index in [0.29, 0.717) is 0 Å². The largest absolute Gasteiger partial charge is 0.496 e. The third kappa shape index (κ3) is 3.63. The van der Waals surface area contributed by atoms with Crippen LogP contribution in [0.3, 0.4) is 0 Å². The van der Waals surface area contributed by atoms with Crippen molar-refractivity contribution in [2.45, 2.75) is 26.2 Å². The molecule has 0 radical (unpaired) electrons. The van der Waals surface area contributed by atoms with Crippen LogP contribution in [0.15, 0.2) is 42.5 Å². The van der Waals surface area contributed by atoms with E-state index in [0.717, 1.165) is 22.4 Å². The molecule has 21 heavy (non-hydrogen) atoms. The number of hydrogen-bond donors (Lipinski definition) is 1. The van der Waals surface area contributed by atoms with Crippen molar-refractivity contribution in [1.29, 1.82) is 0 Å². The van der Waals surface area contributed by atoms with Crippen molar-refractivity contribution in [3.8, 4) is 16.9 Å². The Morgan fingerprint density at radius 2 is 1.86 bits per heavy atom. The molecule has 0 aliphatic carbocycles. The number of carbonyl (C=O) groups is 1. The van der Waals surface area contributed by atoms with Crippen molar-refractivity contribution in [3.63, 3.8) is 0 Å². The number of aryl methyl sites for hydroxylation is 1. The van der Waals surface area contributed by atoms with E-state index in [9.17, 15) is 4.79 Å². The molecule has 0 amide bonds. The third-order valence-electron chi connectivity index (χ3n) is 3.64. The summed E-state index contributed by atoms with van der Waals surface area (Å²) in [6, 6.07) is 14.1. The van der Waals surface area contributed by atoms with Crippen molar-refractivity contribution >= 4 is 5.97 Å². The summed E-state index contributed by atoms with van der Waals surface area (Å²) in [5.41, 5.74) is 4.27. The summed E-state index contributed by atoms with van der Waals surface area (Å²) in [7, 11) is 1.65. The summed E-state index contributed by atoms with van der Waals surface area (Å²) in [5.74, 6) is -0.0158. The minimum Gasteiger partial charge on any atom is -0.496 e. The predicted octanol–water partition coefficient (Wildman–Crippen LogP) is 4.25. The lowest BCUT2D eigenvalue weighted by molar-refractivity contribution is -0.137. The molecule has 2 rings (SSSR count). The summed E-state index contributed by atoms with van der Waals surface area (Å²) in [5, 5.41) is 8.94. The molecule has 0 fully saturated rings. The van der Waals surface area contributed by atoms with Gasteiger partial charge in [0, 0.05) is 5.56 Å². The van der Waals surface area contributed by atoms with Gasteiger partial charge in [-0.1, -0.05) is 42.8 Å². The van der Waals surface area contributed by atoms with Crippen molar-refractivity contribution in [1.82, 2.24) is 0 Å². The molecule has 110 valence electrons. The lowest BCUT2D eigenvalue weighted by Gasteiger charge is -2.14. The fourth-order valence-electron chi connectivity index (χ4n) is 2.37. The van der Waals surface area contributed by atoms with E-state index in [1.54, 1.807) is 7.11 Å². The summed E-state index contributed by atoms with van der Waals surface area (Å²) in [6.07, 6.45) is 0.125. The Morgan fingerprint density at radius 3 is 2.43 bits per heavy atom. The Labute approximate surface area is 125 Å². The van der Waals surface area contributed by atoms with Gasteiger partial charge in [0.15, 0.2) is 0 Å². The van der Waals surface area contributed by atoms with Crippen LogP contribution in [0.4, 0.5) is 0 Å². The Morgan fingerprint density at radius 1 is 1.19 bits per heavy atom. The first-order valence-corrected chi connectivity index (χ1v) is 6.98. The number of hydrogen-bond acceptors (Lipinski definition) is 2. The van der Waals surface area contributed by atoms with Crippen LogP contribution in [0.25, 0.3) is 11.1 Å². The number of carboxylic acid groups (broad SMARTS) is 1. The molecular formula is C18H20O3. The normalized spacial score (nSPS) is 12.0. The van der Waals surface area contributed by atoms with Crippen molar-refractivity contribution in [2.24, 2.45) is 0 Å². The van der Waals surface area contributed by atoms with Gasteiger partial charge in [-0.2, -0.15) is 0 Å². The summed E-state index contributed by atoms with van der Waals surface area (Å²) in [6.45, 7) is 3.97. The van der Waals surface area contributed by atoms with Crippen LogP contribution in [-0.4, -0.2) is 18.2 Å². The predicted molar refractivity (Wildman–Crippen MR) is 83.8 cm³/mol. The smallest absolute Gasteiger partial charge is 0.303 e. The number of rotatable bonds is 5. The van der Waals surface area contributed by atoms with E-state index >= 15 is 0 Å². The van der Waals surface area contributed by atoms with Crippen LogP contribution in [0, 0.1) is 6.92 Å². The van der Waals surface area contributed by atoms with Gasteiger partial charge >= 0.3 is 5.97 Å². The van der Waals surface area contributed by atoms with Crippen LogP contribution in [0.5, 0.6) is 5.75 Å². The lowest BCUT2D eigenvalue weighted by atomic mass is 9.93. The second-order valence-corrected chi connectivity index (χ2v) is 5.32. The van der Waals surface area contributed by atoms with Crippen molar-refractivity contribution < 1.29 is 14.6 Å². The van der Waals surface area contributed by atoms with E-state index in [2.05, 4.69) is 24.3 Å². The van der Waals surface area contributed by atoms with Gasteiger partial charge in [0.2, 0.25) is 0 Å². The van der Waals surface area contributed by atoms with Crippen LogP contribution in [0.2, 0.25) is 0 Å². The standard InChI is InChI=1S/C18H20O3/c1-12-4-6-14(7-5-12)16-11-15(8-9-17(16)21-3)13(2)10-18(19)20/h4-9,11,13H,10H2,1-3H3,(H,19,20). The molecule has 0 heterocycles. The van der Waals surface area contributed by atoms with Crippen LogP contribution >= 0.6 is 0 Å². The zero-order chi connectivity index (χ0) is 15.4. The number of carboxylic acids is 1. The van der Waals surface area contributed by atoms with Gasteiger partial charge < -0.3 is 9.84 Å². The average molecular weight is 284 g/mol. The molecule has 3 heteroatoms. The molecule has 0 aliphatic rings. The zero-order valence-electron chi connectivity index (χ0n) is 12.6. The molecule has 1 unspecified atom stereocenters. The first-order valence-electron chi connectivity index (χ1n) is 6.98. The molecule has 3 nitrogen and oxygen atoms in total. The molecule has 0 saturated carbocycles. The highest BCUT2D eigenvalue weighted by atomic mass is 16.5. The first kappa shape index (κ1) is 15.1. The molecule has 0 aromatic heterocycles. The van der Waals surface area contributed by atoms with Gasteiger partial charge in [-0.05, 0) is 36.1 Å². The molecule has 1 atom stereocenters. The average Bonchev–Trinajstić information content (AvgIpc) is 2.46. The minimum atomic E-state index is -0.782. The second-order valence-electron chi connectivity index (χ2n) is 5.32. The number of benzene rings is 2. The quantitative estimate of drug-likeness (QED) is 0.892. The fraction of sp³-hybridized carbons (Fsp3) is 0.278. The highest BCUT2D eigenvalue weighted by Gasteiger charge is 2.13. The summed E-state index contributed by atoms with van der Waals surface area (Å²) >= 11 is 0. The maximum Gasteiger partial charge on any atom is 0.303 e. The van der Waals surface area contributed by atoms with Gasteiger partial charge in [-0.3, -0.25) is 4.79 Å². The summed E-state index contributed by atoms with van der Waals surface area (Å²) < 4.78 is 5.43. The highest BCUT2D eigenvalue weighted by Crippen LogP contribution is 2.33. The highest BCUT2D eigenvalue weighted by molar-refractivity contribution is 5.72. The van der Waals surface area contributed by atoms with Gasteiger partial charge in [-0.15, -0.1) is 0 Å². The number of methoxy groups -OCH3 is 1. The molecule has 0 saturated heterocycles. The number of aliphatic carboxylic acids is 1. The van der Waals surface area contributed by atoms with Crippen molar-refractivity contribution in [2.75, 3.05) is 7.11 Å². The second kappa shape index (κ2) is 6.44. The van der Waals surface area contributed by atoms with E-state index in [4.69, 9.17) is 9.84 Å². The Balaban J connectivity index is 2.43. The third-order valence-corrected chi connectivity index (χ3v) is 3.64. The Kier molecular flexibility index (Phi) is 4.63. The van der Waals surface area contributed by atoms with Crippen LogP contribution in [-0.2, 0) is 4.79 Å². The molecule has 1 N–H and O–H groups in total. The maximum absolute atomic E-state index is 10.9. The molecular weight excluding hydrogens is 264 g/mol. The maximum atomic E-state index is 10.9. The monoisotopic (exact) mass is 284 g/mol. The van der Waals surface area contributed by atoms with Gasteiger partial charge in [0.1, 0.15) is 5.75 Å². The first-order chi connectivity index (χ1) is 10.0. The van der Waals surface area contributed by atoms with Gasteiger partial charge in [0.05, 0.1) is 13.5 Å². The molecule has 0 bridgehead atoms. The zero-order valence-corrected chi connectivity index (χ0v) is 12.6. The van der Waals surface area contributed by atoms with Gasteiger partial charge in [0.25, 0.3) is 0 Å². The topological polar surface area (TPSA) is 46.5 Å². The number of ether oxygens (including phenoxy) is 1. The van der Waals surface area contributed by atoms with Crippen molar-refractivity contribution in [3.05, 3.63) is 53.6 Å².